The van der Waals surface area contributed by atoms with Crippen LogP contribution in [0.4, 0.5) is 0 Å². The number of ether oxygens (including phenoxy) is 4. The van der Waals surface area contributed by atoms with E-state index in [-0.39, 0.29) is 5.43 Å². The number of fused-ring (bicyclic) bond motifs is 1. The Bertz CT molecular complexity index is 1240. The first kappa shape index (κ1) is 21.8. The van der Waals surface area contributed by atoms with Gasteiger partial charge in [-0.2, -0.15) is 0 Å². The van der Waals surface area contributed by atoms with Crippen molar-refractivity contribution >= 4 is 16.5 Å². The van der Waals surface area contributed by atoms with E-state index in [0.29, 0.717) is 45.3 Å². The average molecular weight is 437 g/mol. The van der Waals surface area contributed by atoms with E-state index in [1.165, 1.54) is 13.2 Å². The summed E-state index contributed by atoms with van der Waals surface area (Å²) in [6.07, 6.45) is 2.96. The summed E-state index contributed by atoms with van der Waals surface area (Å²) in [6, 6.07) is 8.66. The summed E-state index contributed by atoms with van der Waals surface area (Å²) in [7, 11) is 8.33. The van der Waals surface area contributed by atoms with Crippen LogP contribution in [0.5, 0.6) is 23.0 Å². The van der Waals surface area contributed by atoms with Crippen molar-refractivity contribution in [1.82, 2.24) is 4.90 Å². The summed E-state index contributed by atoms with van der Waals surface area (Å²) >= 11 is 0. The quantitative estimate of drug-likeness (QED) is 0.572. The zero-order valence-electron chi connectivity index (χ0n) is 19.0. The summed E-state index contributed by atoms with van der Waals surface area (Å²) < 4.78 is 28.6. The lowest BCUT2D eigenvalue weighted by atomic mass is 9.95. The smallest absolute Gasteiger partial charge is 0.197 e. The molecule has 1 aliphatic heterocycles. The van der Waals surface area contributed by atoms with Crippen molar-refractivity contribution in [2.75, 3.05) is 48.6 Å². The molecule has 2 heterocycles. The van der Waals surface area contributed by atoms with Crippen LogP contribution in [0, 0.1) is 0 Å². The first-order valence-electron chi connectivity index (χ1n) is 10.3. The third-order valence-corrected chi connectivity index (χ3v) is 5.77. The molecule has 1 aromatic heterocycles. The molecule has 0 radical (unpaired) electrons. The van der Waals surface area contributed by atoms with Crippen LogP contribution in [-0.4, -0.2) is 53.5 Å². The number of nitrogens with zero attached hydrogens (tertiary/aromatic N) is 1. The van der Waals surface area contributed by atoms with Crippen molar-refractivity contribution in [3.8, 4) is 34.3 Å². The molecule has 0 atom stereocenters. The molecule has 7 heteroatoms. The van der Waals surface area contributed by atoms with Gasteiger partial charge in [-0.25, -0.2) is 0 Å². The molecule has 4 rings (SSSR count). The van der Waals surface area contributed by atoms with E-state index in [0.717, 1.165) is 30.6 Å². The van der Waals surface area contributed by atoms with Crippen LogP contribution >= 0.6 is 0 Å². The molecule has 0 unspecified atom stereocenters. The molecule has 7 nitrogen and oxygen atoms in total. The maximum absolute atomic E-state index is 13.3. The highest BCUT2D eigenvalue weighted by Gasteiger charge is 2.24. The third-order valence-electron chi connectivity index (χ3n) is 5.77. The van der Waals surface area contributed by atoms with Crippen molar-refractivity contribution in [3.05, 3.63) is 52.2 Å². The number of likely N-dealkylation sites (N-methyl/N-ethyl adjacent to an activating group) is 1. The van der Waals surface area contributed by atoms with Crippen molar-refractivity contribution in [1.29, 1.82) is 0 Å². The molecule has 3 aromatic rings. The normalized spacial score (nSPS) is 14.2. The van der Waals surface area contributed by atoms with Gasteiger partial charge in [0.05, 0.1) is 39.6 Å². The van der Waals surface area contributed by atoms with Gasteiger partial charge in [0, 0.05) is 25.2 Å². The molecule has 2 aromatic carbocycles. The fourth-order valence-corrected chi connectivity index (χ4v) is 4.12. The van der Waals surface area contributed by atoms with Gasteiger partial charge < -0.3 is 28.3 Å². The lowest BCUT2D eigenvalue weighted by Crippen LogP contribution is -2.24. The second-order valence-corrected chi connectivity index (χ2v) is 7.62. The highest BCUT2D eigenvalue weighted by molar-refractivity contribution is 5.97. The molecule has 0 fully saturated rings. The first-order valence-corrected chi connectivity index (χ1v) is 10.3. The van der Waals surface area contributed by atoms with Crippen LogP contribution in [0.15, 0.2) is 45.6 Å². The predicted molar refractivity (Wildman–Crippen MR) is 124 cm³/mol. The maximum atomic E-state index is 13.3. The number of hydrogen-bond donors (Lipinski definition) is 0. The summed E-state index contributed by atoms with van der Waals surface area (Å²) in [5.41, 5.74) is 2.70. The summed E-state index contributed by atoms with van der Waals surface area (Å²) in [4.78, 5) is 15.5. The maximum Gasteiger partial charge on any atom is 0.197 e. The van der Waals surface area contributed by atoms with Crippen LogP contribution in [-0.2, 0) is 0 Å². The molecule has 32 heavy (non-hydrogen) atoms. The zero-order valence-corrected chi connectivity index (χ0v) is 19.0. The Morgan fingerprint density at radius 3 is 2.31 bits per heavy atom. The van der Waals surface area contributed by atoms with Gasteiger partial charge in [0.2, 0.25) is 0 Å². The standard InChI is InChI=1S/C25H27NO6/c1-26-11-9-15(10-12-26)22-20(29-3)14-21(30-4)23-17(27)13-19(32-25(22)23)16-7-6-8-18(28-2)24(16)31-5/h6-9,13-14H,10-12H2,1-5H3. The SMILES string of the molecule is COc1cccc(-c2cc(=O)c3c(OC)cc(OC)c(C4=CCN(C)CC4)c3o2)c1OC. The van der Waals surface area contributed by atoms with Gasteiger partial charge in [0.15, 0.2) is 22.5 Å². The van der Waals surface area contributed by atoms with Crippen LogP contribution in [0.1, 0.15) is 12.0 Å². The van der Waals surface area contributed by atoms with Crippen LogP contribution in [0.3, 0.4) is 0 Å². The second-order valence-electron chi connectivity index (χ2n) is 7.62. The number of methoxy groups -OCH3 is 4. The van der Waals surface area contributed by atoms with Gasteiger partial charge in [-0.15, -0.1) is 0 Å². The van der Waals surface area contributed by atoms with Gasteiger partial charge in [-0.1, -0.05) is 12.1 Å². The Balaban J connectivity index is 2.07. The van der Waals surface area contributed by atoms with Crippen molar-refractivity contribution in [2.45, 2.75) is 6.42 Å². The predicted octanol–water partition coefficient (Wildman–Crippen LogP) is 4.21. The number of para-hydroxylation sites is 1. The Hall–Kier alpha value is -3.45. The summed E-state index contributed by atoms with van der Waals surface area (Å²) in [5, 5.41) is 0.383. The van der Waals surface area contributed by atoms with E-state index >= 15 is 0 Å². The van der Waals surface area contributed by atoms with Gasteiger partial charge in [-0.3, -0.25) is 4.79 Å². The molecule has 0 bridgehead atoms. The van der Waals surface area contributed by atoms with Gasteiger partial charge >= 0.3 is 0 Å². The van der Waals surface area contributed by atoms with E-state index in [1.807, 2.05) is 12.1 Å². The van der Waals surface area contributed by atoms with Crippen molar-refractivity contribution in [3.63, 3.8) is 0 Å². The minimum atomic E-state index is -0.208. The minimum Gasteiger partial charge on any atom is -0.496 e. The van der Waals surface area contributed by atoms with Crippen LogP contribution in [0.25, 0.3) is 27.9 Å². The first-order chi connectivity index (χ1) is 15.5. The molecular weight excluding hydrogens is 410 g/mol. The third kappa shape index (κ3) is 3.69. The summed E-state index contributed by atoms with van der Waals surface area (Å²) in [6.45, 7) is 1.70. The Morgan fingerprint density at radius 1 is 0.938 bits per heavy atom. The number of rotatable bonds is 6. The van der Waals surface area contributed by atoms with E-state index in [1.54, 1.807) is 33.5 Å². The summed E-state index contributed by atoms with van der Waals surface area (Å²) in [5.74, 6) is 2.43. The van der Waals surface area contributed by atoms with Gasteiger partial charge in [0.25, 0.3) is 0 Å². The van der Waals surface area contributed by atoms with Crippen molar-refractivity contribution < 1.29 is 23.4 Å². The molecule has 0 saturated heterocycles. The molecule has 0 amide bonds. The minimum absolute atomic E-state index is 0.208. The highest BCUT2D eigenvalue weighted by Crippen LogP contribution is 2.43. The second kappa shape index (κ2) is 8.96. The Labute approximate surface area is 186 Å². The zero-order chi connectivity index (χ0) is 22.8. The van der Waals surface area contributed by atoms with Gasteiger partial charge in [-0.05, 0) is 31.2 Å². The van der Waals surface area contributed by atoms with Crippen molar-refractivity contribution in [2.24, 2.45) is 0 Å². The molecule has 1 aliphatic rings. The Morgan fingerprint density at radius 2 is 1.69 bits per heavy atom. The van der Waals surface area contributed by atoms with Crippen LogP contribution in [0.2, 0.25) is 0 Å². The molecule has 0 spiro atoms. The largest absolute Gasteiger partial charge is 0.496 e. The van der Waals surface area contributed by atoms with E-state index in [9.17, 15) is 4.79 Å². The topological polar surface area (TPSA) is 70.4 Å². The fourth-order valence-electron chi connectivity index (χ4n) is 4.12. The van der Waals surface area contributed by atoms with E-state index in [4.69, 9.17) is 23.4 Å². The lowest BCUT2D eigenvalue weighted by molar-refractivity contribution is 0.355. The number of benzene rings is 2. The highest BCUT2D eigenvalue weighted by atomic mass is 16.5. The molecule has 0 saturated carbocycles. The molecule has 0 N–H and O–H groups in total. The Kier molecular flexibility index (Phi) is 6.10. The molecule has 168 valence electrons. The average Bonchev–Trinajstić information content (AvgIpc) is 2.82. The lowest BCUT2D eigenvalue weighted by Gasteiger charge is -2.24. The van der Waals surface area contributed by atoms with Gasteiger partial charge in [0.1, 0.15) is 22.6 Å². The molecular formula is C25H27NO6. The molecule has 0 aliphatic carbocycles. The number of hydrogen-bond acceptors (Lipinski definition) is 7. The monoisotopic (exact) mass is 437 g/mol. The van der Waals surface area contributed by atoms with E-state index in [2.05, 4.69) is 18.0 Å². The van der Waals surface area contributed by atoms with E-state index < -0.39 is 0 Å². The van der Waals surface area contributed by atoms with Crippen LogP contribution < -0.4 is 24.4 Å². The fraction of sp³-hybridized carbons (Fsp3) is 0.320.